The van der Waals surface area contributed by atoms with Crippen molar-refractivity contribution < 1.29 is 63.6 Å². The molecular formula is C52H83BrN4O13S. The van der Waals surface area contributed by atoms with Crippen LogP contribution in [0.2, 0.25) is 0 Å². The van der Waals surface area contributed by atoms with Gasteiger partial charge < -0.3 is 68.6 Å². The smallest absolute Gasteiger partial charge is 0.311 e. The van der Waals surface area contributed by atoms with Gasteiger partial charge in [-0.25, -0.2) is 4.98 Å². The predicted octanol–water partition coefficient (Wildman–Crippen LogP) is 5.47. The molecule has 1 unspecified atom stereocenters. The molecule has 0 bridgehead atoms. The van der Waals surface area contributed by atoms with Crippen LogP contribution in [0.1, 0.15) is 118 Å². The lowest BCUT2D eigenvalue weighted by Gasteiger charge is -2.49. The second-order valence-electron chi connectivity index (χ2n) is 21.8. The van der Waals surface area contributed by atoms with Crippen LogP contribution in [0.25, 0.3) is 0 Å². The third-order valence-corrected chi connectivity index (χ3v) is 17.2. The van der Waals surface area contributed by atoms with Crippen LogP contribution >= 0.6 is 27.3 Å². The van der Waals surface area contributed by atoms with Gasteiger partial charge in [0.1, 0.15) is 36.1 Å². The number of halogens is 1. The van der Waals surface area contributed by atoms with Crippen LogP contribution in [0.3, 0.4) is 0 Å². The molecule has 0 aliphatic carbocycles. The molecular weight excluding hydrogens is 1000 g/mol. The number of aliphatic hydroxyl groups is 5. The summed E-state index contributed by atoms with van der Waals surface area (Å²) in [6.45, 7) is 18.7. The quantitative estimate of drug-likeness (QED) is 0.157. The van der Waals surface area contributed by atoms with Gasteiger partial charge in [-0.05, 0) is 105 Å². The van der Waals surface area contributed by atoms with Gasteiger partial charge in [-0.1, -0.05) is 54.0 Å². The standard InChI is InChI=1S/C52H83BrN4O13S/c1-14-40-52(10,63)45(59)32(6)57(12)26-28(2)24-50(8,62)47(30(4)44(31(5)48(61)67-40)68-42-25-51(9,64-13)46(60)33(7)66-42)69-49-43(58)39(21-29(3)65-49)56(11)20-19-36-27-71-41(54-36)23-37-22-38(55-70-37)34-15-17-35(53)18-16-34/h15-18,27-33,37,39-40,42-47,49,58-60,62-63H,14,19-26H2,1-13H3/t28-,29-,30+,31-,32-,33+,37-,39+,40-,42+,43-,44+,45-,46+,47-,49?,50-,51-,52-/m1/s1. The van der Waals surface area contributed by atoms with Crippen LogP contribution in [-0.2, 0) is 50.9 Å². The number of cyclic esters (lactones) is 1. The molecule has 0 saturated carbocycles. The minimum absolute atomic E-state index is 0.0919. The molecule has 19 heteroatoms. The Bertz CT molecular complexity index is 2060. The van der Waals surface area contributed by atoms with Crippen LogP contribution in [0.4, 0.5) is 0 Å². The zero-order valence-electron chi connectivity index (χ0n) is 44.1. The third-order valence-electron chi connectivity index (χ3n) is 15.7. The average molecular weight is 1080 g/mol. The third kappa shape index (κ3) is 13.8. The number of benzene rings is 1. The molecule has 4 aliphatic heterocycles. The Hall–Kier alpha value is -2.21. The number of aliphatic hydroxyl groups excluding tert-OH is 3. The number of esters is 1. The van der Waals surface area contributed by atoms with Gasteiger partial charge in [0.2, 0.25) is 0 Å². The van der Waals surface area contributed by atoms with Crippen LogP contribution in [0, 0.1) is 17.8 Å². The molecule has 3 fully saturated rings. The lowest BCUT2D eigenvalue weighted by molar-refractivity contribution is -0.318. The summed E-state index contributed by atoms with van der Waals surface area (Å²) >= 11 is 5.09. The number of likely N-dealkylation sites (N-methyl/N-ethyl adjacent to an activating group) is 2. The molecule has 0 radical (unpaired) electrons. The first-order chi connectivity index (χ1) is 33.3. The Morgan fingerprint density at radius 2 is 1.68 bits per heavy atom. The van der Waals surface area contributed by atoms with Crippen molar-refractivity contribution in [2.45, 2.75) is 211 Å². The highest BCUT2D eigenvalue weighted by molar-refractivity contribution is 9.10. The summed E-state index contributed by atoms with van der Waals surface area (Å²) < 4.78 is 39.4. The first-order valence-corrected chi connectivity index (χ1v) is 27.1. The van der Waals surface area contributed by atoms with Gasteiger partial charge in [0.25, 0.3) is 0 Å². The van der Waals surface area contributed by atoms with Gasteiger partial charge in [0.15, 0.2) is 12.6 Å². The lowest BCUT2D eigenvalue weighted by atomic mass is 9.77. The minimum atomic E-state index is -1.83. The Labute approximate surface area is 433 Å². The van der Waals surface area contributed by atoms with Crippen molar-refractivity contribution in [3.05, 3.63) is 50.4 Å². The summed E-state index contributed by atoms with van der Waals surface area (Å²) in [5.41, 5.74) is -1.60. The predicted molar refractivity (Wildman–Crippen MR) is 273 cm³/mol. The second kappa shape index (κ2) is 24.2. The highest BCUT2D eigenvalue weighted by atomic mass is 79.9. The number of nitrogens with zero attached hydrogens (tertiary/aromatic N) is 4. The number of thiazole rings is 1. The van der Waals surface area contributed by atoms with E-state index in [1.807, 2.05) is 64.0 Å². The van der Waals surface area contributed by atoms with E-state index in [0.717, 1.165) is 26.4 Å². The van der Waals surface area contributed by atoms with Crippen molar-refractivity contribution in [1.82, 2.24) is 14.8 Å². The van der Waals surface area contributed by atoms with E-state index < -0.39 is 96.0 Å². The van der Waals surface area contributed by atoms with Crippen LogP contribution in [0.5, 0.6) is 0 Å². The van der Waals surface area contributed by atoms with E-state index in [2.05, 4.69) is 31.4 Å². The zero-order valence-corrected chi connectivity index (χ0v) is 46.5. The van der Waals surface area contributed by atoms with E-state index >= 15 is 0 Å². The molecule has 71 heavy (non-hydrogen) atoms. The minimum Gasteiger partial charge on any atom is -0.459 e. The van der Waals surface area contributed by atoms with E-state index in [-0.39, 0.29) is 43.4 Å². The molecule has 2 aromatic rings. The number of hydrogen-bond donors (Lipinski definition) is 5. The van der Waals surface area contributed by atoms with Crippen molar-refractivity contribution in [3.8, 4) is 0 Å². The van der Waals surface area contributed by atoms with Gasteiger partial charge in [0.05, 0.1) is 57.9 Å². The summed E-state index contributed by atoms with van der Waals surface area (Å²) in [4.78, 5) is 29.3. The number of rotatable bonds is 13. The molecule has 1 aromatic heterocycles. The fourth-order valence-corrected chi connectivity index (χ4v) is 12.4. The Morgan fingerprint density at radius 1 is 0.986 bits per heavy atom. The summed E-state index contributed by atoms with van der Waals surface area (Å²) in [6, 6.07) is 7.09. The number of methoxy groups -OCH3 is 1. The SMILES string of the molecule is CC[C@H]1OC(=O)[C@H](C)[C@@H](O[C@H]2C[C@@](C)(OC)[C@@H](O)[C@H](C)O2)[C@H](C)[C@@H](OC2O[C@H](C)C[C@H](N(C)CCc3csc(C[C@H]4CC(c5ccc(Br)cc5)=NO4)n3)[C@H]2O)[C@](C)(O)C[C@@H](C)CN(C)[C@H](C)[C@@H](O)[C@]1(C)O. The molecule has 5 heterocycles. The number of oxime groups is 1. The second-order valence-corrected chi connectivity index (χ2v) is 23.7. The maximum Gasteiger partial charge on any atom is 0.311 e. The van der Waals surface area contributed by atoms with E-state index in [0.29, 0.717) is 38.8 Å². The van der Waals surface area contributed by atoms with Crippen LogP contribution < -0.4 is 0 Å². The van der Waals surface area contributed by atoms with Crippen molar-refractivity contribution in [2.24, 2.45) is 22.9 Å². The monoisotopic (exact) mass is 1080 g/mol. The molecule has 4 aliphatic rings. The number of aromatic nitrogens is 1. The number of hydrogen-bond acceptors (Lipinski definition) is 18. The summed E-state index contributed by atoms with van der Waals surface area (Å²) in [7, 11) is 5.33. The summed E-state index contributed by atoms with van der Waals surface area (Å²) in [6.07, 6.45) is -6.97. The van der Waals surface area contributed by atoms with E-state index in [1.54, 1.807) is 52.9 Å². The van der Waals surface area contributed by atoms with Crippen LogP contribution in [-0.4, -0.2) is 183 Å². The van der Waals surface area contributed by atoms with E-state index in [1.165, 1.54) is 14.0 Å². The van der Waals surface area contributed by atoms with Crippen molar-refractivity contribution >= 4 is 38.9 Å². The maximum atomic E-state index is 14.5. The van der Waals surface area contributed by atoms with Crippen LogP contribution in [0.15, 0.2) is 39.3 Å². The molecule has 0 amide bonds. The largest absolute Gasteiger partial charge is 0.459 e. The number of carbonyl (C=O) groups excluding carboxylic acids is 1. The molecule has 17 nitrogen and oxygen atoms in total. The number of carbonyl (C=O) groups is 1. The Kier molecular flexibility index (Phi) is 19.8. The van der Waals surface area contributed by atoms with Gasteiger partial charge in [-0.15, -0.1) is 11.3 Å². The Balaban J connectivity index is 1.23. The van der Waals surface area contributed by atoms with Gasteiger partial charge in [-0.2, -0.15) is 0 Å². The highest BCUT2D eigenvalue weighted by Crippen LogP contribution is 2.40. The van der Waals surface area contributed by atoms with Crippen molar-refractivity contribution in [2.75, 3.05) is 34.3 Å². The number of ether oxygens (including phenoxy) is 6. The molecule has 6 rings (SSSR count). The highest BCUT2D eigenvalue weighted by Gasteiger charge is 2.53. The zero-order chi connectivity index (χ0) is 52.3. The lowest BCUT2D eigenvalue weighted by Crippen LogP contribution is -2.61. The van der Waals surface area contributed by atoms with Crippen molar-refractivity contribution in [3.63, 3.8) is 0 Å². The fraction of sp³-hybridized carbons (Fsp3) is 0.788. The molecule has 5 N–H and O–H groups in total. The average Bonchev–Trinajstić information content (AvgIpc) is 3.99. The first-order valence-electron chi connectivity index (χ1n) is 25.5. The fourth-order valence-electron chi connectivity index (χ4n) is 11.2. The van der Waals surface area contributed by atoms with E-state index in [4.69, 9.17) is 38.2 Å². The topological polar surface area (TPSA) is 215 Å². The summed E-state index contributed by atoms with van der Waals surface area (Å²) in [5, 5.41) is 67.1. The molecule has 19 atom stereocenters. The molecule has 1 aromatic carbocycles. The molecule has 3 saturated heterocycles. The van der Waals surface area contributed by atoms with Gasteiger partial charge in [-0.3, -0.25) is 4.79 Å². The van der Waals surface area contributed by atoms with Crippen molar-refractivity contribution in [1.29, 1.82) is 0 Å². The van der Waals surface area contributed by atoms with E-state index in [9.17, 15) is 30.3 Å². The Morgan fingerprint density at radius 3 is 2.34 bits per heavy atom. The van der Waals surface area contributed by atoms with Gasteiger partial charge >= 0.3 is 5.97 Å². The van der Waals surface area contributed by atoms with Gasteiger partial charge in [0, 0.05) is 73.7 Å². The maximum absolute atomic E-state index is 14.5. The molecule has 0 spiro atoms. The normalized spacial score (nSPS) is 41.5. The first kappa shape index (κ1) is 58.1. The summed E-state index contributed by atoms with van der Waals surface area (Å²) in [5.74, 6) is -2.74. The molecule has 402 valence electrons.